The van der Waals surface area contributed by atoms with Crippen LogP contribution < -0.4 is 0 Å². The minimum absolute atomic E-state index is 0.359. The van der Waals surface area contributed by atoms with Gasteiger partial charge in [-0.1, -0.05) is 6.92 Å². The molecule has 0 spiro atoms. The SMILES string of the molecule is CCN1CCCC1N(C)C=O. The Labute approximate surface area is 68.0 Å². The van der Waals surface area contributed by atoms with E-state index in [0.29, 0.717) is 6.17 Å². The third-order valence-corrected chi connectivity index (χ3v) is 2.37. The van der Waals surface area contributed by atoms with Crippen molar-refractivity contribution in [2.45, 2.75) is 25.9 Å². The topological polar surface area (TPSA) is 23.6 Å². The number of likely N-dealkylation sites (tertiary alicyclic amines) is 1. The summed E-state index contributed by atoms with van der Waals surface area (Å²) in [4.78, 5) is 14.5. The fraction of sp³-hybridized carbons (Fsp3) is 0.875. The maximum absolute atomic E-state index is 10.5. The van der Waals surface area contributed by atoms with Crippen LogP contribution in [0.15, 0.2) is 0 Å². The van der Waals surface area contributed by atoms with Crippen LogP contribution in [0.2, 0.25) is 0 Å². The lowest BCUT2D eigenvalue weighted by Gasteiger charge is -2.28. The number of hydrogen-bond donors (Lipinski definition) is 0. The summed E-state index contributed by atoms with van der Waals surface area (Å²) < 4.78 is 0. The smallest absolute Gasteiger partial charge is 0.210 e. The predicted molar refractivity (Wildman–Crippen MR) is 44.1 cm³/mol. The van der Waals surface area contributed by atoms with Crippen LogP contribution in [0.4, 0.5) is 0 Å². The minimum atomic E-state index is 0.359. The first-order valence-corrected chi connectivity index (χ1v) is 4.21. The van der Waals surface area contributed by atoms with Gasteiger partial charge in [0.2, 0.25) is 6.41 Å². The minimum Gasteiger partial charge on any atom is -0.333 e. The zero-order valence-electron chi connectivity index (χ0n) is 7.29. The van der Waals surface area contributed by atoms with Crippen LogP contribution in [-0.2, 0) is 4.79 Å². The largest absolute Gasteiger partial charge is 0.333 e. The Bertz CT molecular complexity index is 138. The summed E-state index contributed by atoms with van der Waals surface area (Å²) in [5.74, 6) is 0. The zero-order valence-corrected chi connectivity index (χ0v) is 7.29. The quantitative estimate of drug-likeness (QED) is 0.556. The molecule has 1 rings (SSSR count). The molecule has 3 heteroatoms. The Morgan fingerprint density at radius 2 is 2.45 bits per heavy atom. The molecule has 1 aliphatic heterocycles. The van der Waals surface area contributed by atoms with Crippen LogP contribution in [-0.4, -0.2) is 42.5 Å². The van der Waals surface area contributed by atoms with E-state index in [-0.39, 0.29) is 0 Å². The first-order chi connectivity index (χ1) is 5.29. The molecule has 1 atom stereocenters. The van der Waals surface area contributed by atoms with Gasteiger partial charge in [-0.2, -0.15) is 0 Å². The van der Waals surface area contributed by atoms with Crippen molar-refractivity contribution in [1.29, 1.82) is 0 Å². The van der Waals surface area contributed by atoms with E-state index in [1.165, 1.54) is 6.42 Å². The molecule has 1 saturated heterocycles. The molecular formula is C8H16N2O. The van der Waals surface area contributed by atoms with Crippen LogP contribution in [0.3, 0.4) is 0 Å². The second-order valence-electron chi connectivity index (χ2n) is 3.02. The first kappa shape index (κ1) is 8.53. The summed E-state index contributed by atoms with van der Waals surface area (Å²) >= 11 is 0. The lowest BCUT2D eigenvalue weighted by molar-refractivity contribution is -0.121. The summed E-state index contributed by atoms with van der Waals surface area (Å²) in [5, 5.41) is 0. The molecule has 0 aromatic rings. The number of amides is 1. The Balaban J connectivity index is 2.48. The predicted octanol–water partition coefficient (Wildman–Crippen LogP) is 0.516. The Morgan fingerprint density at radius 1 is 1.73 bits per heavy atom. The van der Waals surface area contributed by atoms with E-state index in [1.807, 2.05) is 7.05 Å². The molecule has 0 radical (unpaired) electrons. The Hall–Kier alpha value is -0.570. The van der Waals surface area contributed by atoms with Crippen molar-refractivity contribution in [3.05, 3.63) is 0 Å². The molecule has 0 saturated carbocycles. The van der Waals surface area contributed by atoms with Crippen molar-refractivity contribution >= 4 is 6.41 Å². The molecule has 3 nitrogen and oxygen atoms in total. The summed E-state index contributed by atoms with van der Waals surface area (Å²) in [6.07, 6.45) is 3.62. The molecule has 0 aliphatic carbocycles. The van der Waals surface area contributed by atoms with Gasteiger partial charge in [-0.25, -0.2) is 0 Å². The lowest BCUT2D eigenvalue weighted by atomic mass is 10.3. The highest BCUT2D eigenvalue weighted by Gasteiger charge is 2.25. The van der Waals surface area contributed by atoms with Gasteiger partial charge in [-0.05, 0) is 19.4 Å². The summed E-state index contributed by atoms with van der Waals surface area (Å²) in [7, 11) is 1.85. The van der Waals surface area contributed by atoms with Gasteiger partial charge in [0.25, 0.3) is 0 Å². The van der Waals surface area contributed by atoms with E-state index < -0.39 is 0 Å². The van der Waals surface area contributed by atoms with E-state index in [1.54, 1.807) is 4.90 Å². The molecule has 1 fully saturated rings. The summed E-state index contributed by atoms with van der Waals surface area (Å²) in [5.41, 5.74) is 0. The van der Waals surface area contributed by atoms with Crippen LogP contribution in [0.5, 0.6) is 0 Å². The summed E-state index contributed by atoms with van der Waals surface area (Å²) in [6, 6.07) is 0. The van der Waals surface area contributed by atoms with Crippen molar-refractivity contribution in [3.63, 3.8) is 0 Å². The monoisotopic (exact) mass is 156 g/mol. The van der Waals surface area contributed by atoms with E-state index in [9.17, 15) is 4.79 Å². The first-order valence-electron chi connectivity index (χ1n) is 4.21. The summed E-state index contributed by atoms with van der Waals surface area (Å²) in [6.45, 7) is 4.32. The van der Waals surface area contributed by atoms with Crippen LogP contribution in [0, 0.1) is 0 Å². The molecule has 1 aliphatic rings. The van der Waals surface area contributed by atoms with Gasteiger partial charge in [0, 0.05) is 13.6 Å². The number of carbonyl (C=O) groups excluding carboxylic acids is 1. The maximum atomic E-state index is 10.5. The number of rotatable bonds is 3. The number of carbonyl (C=O) groups is 1. The second kappa shape index (κ2) is 3.72. The fourth-order valence-electron chi connectivity index (χ4n) is 1.71. The average molecular weight is 156 g/mol. The standard InChI is InChI=1S/C8H16N2O/c1-3-10-6-4-5-8(10)9(2)7-11/h7-8H,3-6H2,1-2H3. The number of hydrogen-bond acceptors (Lipinski definition) is 2. The average Bonchev–Trinajstić information content (AvgIpc) is 2.50. The van der Waals surface area contributed by atoms with E-state index >= 15 is 0 Å². The van der Waals surface area contributed by atoms with Gasteiger partial charge >= 0.3 is 0 Å². The van der Waals surface area contributed by atoms with Gasteiger partial charge in [0.15, 0.2) is 0 Å². The Morgan fingerprint density at radius 3 is 3.00 bits per heavy atom. The molecule has 0 N–H and O–H groups in total. The molecule has 1 unspecified atom stereocenters. The third kappa shape index (κ3) is 1.71. The molecule has 1 heterocycles. The van der Waals surface area contributed by atoms with Crippen LogP contribution in [0.1, 0.15) is 19.8 Å². The Kier molecular flexibility index (Phi) is 2.88. The third-order valence-electron chi connectivity index (χ3n) is 2.37. The maximum Gasteiger partial charge on any atom is 0.210 e. The van der Waals surface area contributed by atoms with Crippen molar-refractivity contribution in [2.24, 2.45) is 0 Å². The van der Waals surface area contributed by atoms with Crippen molar-refractivity contribution in [2.75, 3.05) is 20.1 Å². The normalized spacial score (nSPS) is 25.5. The van der Waals surface area contributed by atoms with E-state index in [2.05, 4.69) is 11.8 Å². The highest BCUT2D eigenvalue weighted by Crippen LogP contribution is 2.17. The van der Waals surface area contributed by atoms with Gasteiger partial charge < -0.3 is 4.90 Å². The van der Waals surface area contributed by atoms with Crippen LogP contribution in [0.25, 0.3) is 0 Å². The molecular weight excluding hydrogens is 140 g/mol. The van der Waals surface area contributed by atoms with Gasteiger partial charge in [0.1, 0.15) is 0 Å². The van der Waals surface area contributed by atoms with Crippen molar-refractivity contribution < 1.29 is 4.79 Å². The molecule has 64 valence electrons. The molecule has 0 bridgehead atoms. The highest BCUT2D eigenvalue weighted by molar-refractivity contribution is 5.46. The zero-order chi connectivity index (χ0) is 8.27. The van der Waals surface area contributed by atoms with E-state index in [0.717, 1.165) is 25.9 Å². The highest BCUT2D eigenvalue weighted by atomic mass is 16.1. The lowest BCUT2D eigenvalue weighted by Crippen LogP contribution is -2.41. The van der Waals surface area contributed by atoms with E-state index in [4.69, 9.17) is 0 Å². The molecule has 0 aromatic carbocycles. The van der Waals surface area contributed by atoms with Gasteiger partial charge in [-0.3, -0.25) is 9.69 Å². The molecule has 11 heavy (non-hydrogen) atoms. The van der Waals surface area contributed by atoms with Gasteiger partial charge in [0.05, 0.1) is 6.17 Å². The van der Waals surface area contributed by atoms with Crippen LogP contribution >= 0.6 is 0 Å². The van der Waals surface area contributed by atoms with Crippen molar-refractivity contribution in [1.82, 2.24) is 9.80 Å². The molecule has 0 aromatic heterocycles. The second-order valence-corrected chi connectivity index (χ2v) is 3.02. The van der Waals surface area contributed by atoms with Gasteiger partial charge in [-0.15, -0.1) is 0 Å². The molecule has 1 amide bonds. The fourth-order valence-corrected chi connectivity index (χ4v) is 1.71. The number of nitrogens with zero attached hydrogens (tertiary/aromatic N) is 2. The van der Waals surface area contributed by atoms with Crippen molar-refractivity contribution in [3.8, 4) is 0 Å².